The van der Waals surface area contributed by atoms with E-state index >= 15 is 0 Å². The molecule has 3 aromatic rings. The molecule has 0 aliphatic carbocycles. The molecule has 0 saturated carbocycles. The lowest BCUT2D eigenvalue weighted by atomic mass is 10.1. The van der Waals surface area contributed by atoms with Crippen molar-refractivity contribution in [2.24, 2.45) is 0 Å². The smallest absolute Gasteiger partial charge is 0.257 e. The predicted octanol–water partition coefficient (Wildman–Crippen LogP) is 2.27. The third-order valence-electron chi connectivity index (χ3n) is 4.19. The number of H-pyrrole nitrogens is 1. The Hall–Kier alpha value is -3.48. The van der Waals surface area contributed by atoms with Gasteiger partial charge in [0.05, 0.1) is 12.6 Å². The number of hydrogen-bond acceptors (Lipinski definition) is 3. The molecule has 2 aromatic carbocycles. The summed E-state index contributed by atoms with van der Waals surface area (Å²) in [5.41, 5.74) is 0.905. The zero-order chi connectivity index (χ0) is 19.4. The van der Waals surface area contributed by atoms with Crippen LogP contribution in [-0.2, 0) is 4.79 Å². The van der Waals surface area contributed by atoms with E-state index in [0.29, 0.717) is 10.9 Å². The molecule has 0 saturated heterocycles. The van der Waals surface area contributed by atoms with Gasteiger partial charge >= 0.3 is 0 Å². The van der Waals surface area contributed by atoms with Crippen LogP contribution < -0.4 is 16.1 Å². The zero-order valence-corrected chi connectivity index (χ0v) is 14.6. The van der Waals surface area contributed by atoms with Gasteiger partial charge in [0.15, 0.2) is 0 Å². The number of carbonyl (C=O) groups is 2. The van der Waals surface area contributed by atoms with Crippen molar-refractivity contribution in [1.29, 1.82) is 0 Å². The van der Waals surface area contributed by atoms with E-state index in [2.05, 4.69) is 15.6 Å². The van der Waals surface area contributed by atoms with E-state index in [1.807, 2.05) is 0 Å². The summed E-state index contributed by atoms with van der Waals surface area (Å²) in [6, 6.07) is 12.3. The molecular weight excluding hydrogens is 349 g/mol. The fourth-order valence-corrected chi connectivity index (χ4v) is 2.72. The minimum atomic E-state index is -0.633. The van der Waals surface area contributed by atoms with Gasteiger partial charge in [-0.2, -0.15) is 0 Å². The zero-order valence-electron chi connectivity index (χ0n) is 14.6. The van der Waals surface area contributed by atoms with Crippen molar-refractivity contribution in [3.63, 3.8) is 0 Å². The third-order valence-corrected chi connectivity index (χ3v) is 4.19. The molecule has 27 heavy (non-hydrogen) atoms. The van der Waals surface area contributed by atoms with Crippen molar-refractivity contribution in [3.05, 3.63) is 81.9 Å². The molecule has 3 rings (SSSR count). The average molecular weight is 367 g/mol. The molecule has 1 unspecified atom stereocenters. The Morgan fingerprint density at radius 2 is 1.81 bits per heavy atom. The maximum Gasteiger partial charge on any atom is 0.257 e. The number of carbonyl (C=O) groups excluding carboxylic acids is 2. The Labute approximate surface area is 154 Å². The van der Waals surface area contributed by atoms with E-state index in [-0.39, 0.29) is 24.0 Å². The number of nitrogens with one attached hydrogen (secondary N) is 3. The van der Waals surface area contributed by atoms with Crippen LogP contribution in [0, 0.1) is 5.82 Å². The SMILES string of the molecule is CC(NC(=O)CNC(=O)c1c[nH]c2ccccc2c1=O)c1ccc(F)cc1. The third kappa shape index (κ3) is 4.20. The quantitative estimate of drug-likeness (QED) is 0.646. The molecule has 0 aliphatic rings. The molecule has 1 heterocycles. The minimum absolute atomic E-state index is 0.0620. The van der Waals surface area contributed by atoms with Crippen molar-refractivity contribution in [3.8, 4) is 0 Å². The number of hydrogen-bond donors (Lipinski definition) is 3. The molecule has 1 aromatic heterocycles. The van der Waals surface area contributed by atoms with Crippen molar-refractivity contribution in [2.75, 3.05) is 6.54 Å². The number of aromatic amines is 1. The van der Waals surface area contributed by atoms with Crippen LogP contribution in [0.5, 0.6) is 0 Å². The highest BCUT2D eigenvalue weighted by atomic mass is 19.1. The Bertz CT molecular complexity index is 1040. The number of rotatable bonds is 5. The fraction of sp³-hybridized carbons (Fsp3) is 0.150. The van der Waals surface area contributed by atoms with Gasteiger partial charge in [-0.25, -0.2) is 4.39 Å². The first-order chi connectivity index (χ1) is 13.0. The topological polar surface area (TPSA) is 91.1 Å². The first kappa shape index (κ1) is 18.3. The normalized spacial score (nSPS) is 11.8. The summed E-state index contributed by atoms with van der Waals surface area (Å²) in [5, 5.41) is 5.55. The average Bonchev–Trinajstić information content (AvgIpc) is 2.67. The molecular formula is C20H18FN3O3. The van der Waals surface area contributed by atoms with E-state index in [1.165, 1.54) is 18.3 Å². The number of benzene rings is 2. The highest BCUT2D eigenvalue weighted by Crippen LogP contribution is 2.12. The van der Waals surface area contributed by atoms with Gasteiger partial charge in [-0.05, 0) is 36.8 Å². The second-order valence-corrected chi connectivity index (χ2v) is 6.10. The Morgan fingerprint density at radius 3 is 2.56 bits per heavy atom. The molecule has 6 nitrogen and oxygen atoms in total. The van der Waals surface area contributed by atoms with E-state index in [0.717, 1.165) is 5.56 Å². The van der Waals surface area contributed by atoms with Gasteiger partial charge in [-0.1, -0.05) is 24.3 Å². The molecule has 138 valence electrons. The number of pyridine rings is 1. The first-order valence-corrected chi connectivity index (χ1v) is 8.39. The predicted molar refractivity (Wildman–Crippen MR) is 99.9 cm³/mol. The molecule has 1 atom stereocenters. The fourth-order valence-electron chi connectivity index (χ4n) is 2.72. The molecule has 0 radical (unpaired) electrons. The second kappa shape index (κ2) is 7.82. The van der Waals surface area contributed by atoms with Gasteiger partial charge in [0, 0.05) is 17.1 Å². The largest absolute Gasteiger partial charge is 0.360 e. The summed E-state index contributed by atoms with van der Waals surface area (Å²) in [6.07, 6.45) is 1.33. The molecule has 2 amide bonds. The molecule has 0 aliphatic heterocycles. The van der Waals surface area contributed by atoms with Gasteiger partial charge in [0.1, 0.15) is 11.4 Å². The van der Waals surface area contributed by atoms with Crippen molar-refractivity contribution in [1.82, 2.24) is 15.6 Å². The summed E-state index contributed by atoms with van der Waals surface area (Å²) in [7, 11) is 0. The van der Waals surface area contributed by atoms with Crippen molar-refractivity contribution in [2.45, 2.75) is 13.0 Å². The van der Waals surface area contributed by atoms with E-state index in [9.17, 15) is 18.8 Å². The van der Waals surface area contributed by atoms with E-state index in [1.54, 1.807) is 43.3 Å². The number of aromatic nitrogens is 1. The second-order valence-electron chi connectivity index (χ2n) is 6.10. The van der Waals surface area contributed by atoms with Gasteiger partial charge < -0.3 is 15.6 Å². The van der Waals surface area contributed by atoms with Crippen LogP contribution in [0.4, 0.5) is 4.39 Å². The summed E-state index contributed by atoms with van der Waals surface area (Å²) < 4.78 is 13.0. The molecule has 3 N–H and O–H groups in total. The molecule has 7 heteroatoms. The highest BCUT2D eigenvalue weighted by Gasteiger charge is 2.15. The Balaban J connectivity index is 1.62. The summed E-state index contributed by atoms with van der Waals surface area (Å²) in [4.78, 5) is 39.6. The van der Waals surface area contributed by atoms with Gasteiger partial charge in [-0.15, -0.1) is 0 Å². The van der Waals surface area contributed by atoms with Crippen LogP contribution in [0.3, 0.4) is 0 Å². The van der Waals surface area contributed by atoms with Crippen LogP contribution in [0.15, 0.2) is 59.5 Å². The van der Waals surface area contributed by atoms with Crippen LogP contribution >= 0.6 is 0 Å². The van der Waals surface area contributed by atoms with Crippen molar-refractivity contribution >= 4 is 22.7 Å². The van der Waals surface area contributed by atoms with E-state index < -0.39 is 17.2 Å². The number of fused-ring (bicyclic) bond motifs is 1. The monoisotopic (exact) mass is 367 g/mol. The van der Waals surface area contributed by atoms with Gasteiger partial charge in [-0.3, -0.25) is 14.4 Å². The van der Waals surface area contributed by atoms with Gasteiger partial charge in [0.2, 0.25) is 11.3 Å². The lowest BCUT2D eigenvalue weighted by molar-refractivity contribution is -0.120. The van der Waals surface area contributed by atoms with Crippen LogP contribution in [0.2, 0.25) is 0 Å². The summed E-state index contributed by atoms with van der Waals surface area (Å²) in [6.45, 7) is 1.47. The van der Waals surface area contributed by atoms with E-state index in [4.69, 9.17) is 0 Å². The van der Waals surface area contributed by atoms with Crippen LogP contribution in [-0.4, -0.2) is 23.3 Å². The molecule has 0 fully saturated rings. The number of para-hydroxylation sites is 1. The summed E-state index contributed by atoms with van der Waals surface area (Å²) in [5.74, 6) is -1.41. The van der Waals surface area contributed by atoms with Crippen LogP contribution in [0.25, 0.3) is 10.9 Å². The lowest BCUT2D eigenvalue weighted by Gasteiger charge is -2.14. The Kier molecular flexibility index (Phi) is 5.30. The van der Waals surface area contributed by atoms with Crippen molar-refractivity contribution < 1.29 is 14.0 Å². The first-order valence-electron chi connectivity index (χ1n) is 8.39. The molecule has 0 bridgehead atoms. The van der Waals surface area contributed by atoms with Gasteiger partial charge in [0.25, 0.3) is 5.91 Å². The standard InChI is InChI=1S/C20H18FN3O3/c1-12(13-6-8-14(21)9-7-13)24-18(25)11-23-20(27)16-10-22-17-5-3-2-4-15(17)19(16)26/h2-10,12H,11H2,1H3,(H,22,26)(H,23,27)(H,24,25). The molecule has 0 spiro atoms. The van der Waals surface area contributed by atoms with Crippen LogP contribution in [0.1, 0.15) is 28.9 Å². The highest BCUT2D eigenvalue weighted by molar-refractivity contribution is 5.98. The number of halogens is 1. The lowest BCUT2D eigenvalue weighted by Crippen LogP contribution is -2.39. The maximum absolute atomic E-state index is 13.0. The maximum atomic E-state index is 13.0. The number of amides is 2. The summed E-state index contributed by atoms with van der Waals surface area (Å²) >= 11 is 0. The minimum Gasteiger partial charge on any atom is -0.360 e. The Morgan fingerprint density at radius 1 is 1.11 bits per heavy atom.